The van der Waals surface area contributed by atoms with Crippen LogP contribution >= 0.6 is 11.6 Å². The average Bonchev–Trinajstić information content (AvgIpc) is 2.51. The van der Waals surface area contributed by atoms with E-state index in [1.54, 1.807) is 19.4 Å². The van der Waals surface area contributed by atoms with Gasteiger partial charge in [-0.05, 0) is 42.5 Å². The molecule has 21 heavy (non-hydrogen) atoms. The highest BCUT2D eigenvalue weighted by molar-refractivity contribution is 6.32. The zero-order chi connectivity index (χ0) is 14.8. The first-order chi connectivity index (χ1) is 10.2. The Balaban J connectivity index is 1.98. The Morgan fingerprint density at radius 1 is 1.19 bits per heavy atom. The first-order valence-corrected chi connectivity index (χ1v) is 6.80. The third-order valence-electron chi connectivity index (χ3n) is 3.26. The van der Waals surface area contributed by atoms with Gasteiger partial charge in [0.05, 0.1) is 29.0 Å². The standard InChI is InChI=1S/C16H14ClN3O/c1-21-15-7-4-10(9-12(15)17)20-14-6-5-13-11(16(14)18)3-2-8-19-13/h2-9,20H,18H2,1H3. The molecule has 0 atom stereocenters. The lowest BCUT2D eigenvalue weighted by Gasteiger charge is -2.12. The summed E-state index contributed by atoms with van der Waals surface area (Å²) in [6, 6.07) is 13.1. The first kappa shape index (κ1) is 13.5. The van der Waals surface area contributed by atoms with Gasteiger partial charge in [-0.2, -0.15) is 0 Å². The lowest BCUT2D eigenvalue weighted by molar-refractivity contribution is 0.415. The molecule has 1 heterocycles. The van der Waals surface area contributed by atoms with Crippen molar-refractivity contribution in [3.63, 3.8) is 0 Å². The smallest absolute Gasteiger partial charge is 0.137 e. The number of methoxy groups -OCH3 is 1. The summed E-state index contributed by atoms with van der Waals surface area (Å²) in [6.07, 6.45) is 1.75. The van der Waals surface area contributed by atoms with Gasteiger partial charge in [0.25, 0.3) is 0 Å². The van der Waals surface area contributed by atoms with Gasteiger partial charge < -0.3 is 15.8 Å². The SMILES string of the molecule is COc1ccc(Nc2ccc3ncccc3c2N)cc1Cl. The molecule has 0 aliphatic heterocycles. The van der Waals surface area contributed by atoms with Gasteiger partial charge in [0, 0.05) is 17.3 Å². The highest BCUT2D eigenvalue weighted by Crippen LogP contribution is 2.32. The quantitative estimate of drug-likeness (QED) is 0.711. The van der Waals surface area contributed by atoms with Crippen LogP contribution < -0.4 is 15.8 Å². The van der Waals surface area contributed by atoms with Crippen molar-refractivity contribution < 1.29 is 4.74 Å². The van der Waals surface area contributed by atoms with E-state index in [9.17, 15) is 0 Å². The number of nitrogens with zero attached hydrogens (tertiary/aromatic N) is 1. The Labute approximate surface area is 127 Å². The topological polar surface area (TPSA) is 60.2 Å². The number of aromatic nitrogens is 1. The second-order valence-corrected chi connectivity index (χ2v) is 4.98. The van der Waals surface area contributed by atoms with Crippen molar-refractivity contribution >= 4 is 39.6 Å². The fraction of sp³-hybridized carbons (Fsp3) is 0.0625. The van der Waals surface area contributed by atoms with Crippen molar-refractivity contribution in [1.82, 2.24) is 4.98 Å². The molecule has 0 saturated heterocycles. The highest BCUT2D eigenvalue weighted by atomic mass is 35.5. The van der Waals surface area contributed by atoms with Gasteiger partial charge in [0.1, 0.15) is 5.75 Å². The van der Waals surface area contributed by atoms with E-state index in [1.165, 1.54) is 0 Å². The maximum absolute atomic E-state index is 6.20. The Kier molecular flexibility index (Phi) is 3.54. The number of hydrogen-bond acceptors (Lipinski definition) is 4. The fourth-order valence-corrected chi connectivity index (χ4v) is 2.44. The number of nitrogens with one attached hydrogen (secondary N) is 1. The molecule has 0 radical (unpaired) electrons. The molecule has 0 aliphatic rings. The van der Waals surface area contributed by atoms with Crippen LogP contribution in [0, 0.1) is 0 Å². The lowest BCUT2D eigenvalue weighted by atomic mass is 10.1. The van der Waals surface area contributed by atoms with Crippen molar-refractivity contribution in [2.45, 2.75) is 0 Å². The minimum Gasteiger partial charge on any atom is -0.495 e. The van der Waals surface area contributed by atoms with Crippen LogP contribution in [0.25, 0.3) is 10.9 Å². The predicted molar refractivity (Wildman–Crippen MR) is 87.4 cm³/mol. The van der Waals surface area contributed by atoms with E-state index in [-0.39, 0.29) is 0 Å². The van der Waals surface area contributed by atoms with Crippen LogP contribution in [0.1, 0.15) is 0 Å². The number of hydrogen-bond donors (Lipinski definition) is 2. The van der Waals surface area contributed by atoms with Crippen LogP contribution in [0.2, 0.25) is 5.02 Å². The van der Waals surface area contributed by atoms with Crippen molar-refractivity contribution in [2.24, 2.45) is 0 Å². The van der Waals surface area contributed by atoms with Gasteiger partial charge in [0.2, 0.25) is 0 Å². The van der Waals surface area contributed by atoms with Crippen LogP contribution in [0.3, 0.4) is 0 Å². The zero-order valence-electron chi connectivity index (χ0n) is 11.4. The Hall–Kier alpha value is -2.46. The van der Waals surface area contributed by atoms with Crippen LogP contribution in [0.4, 0.5) is 17.1 Å². The molecule has 2 aromatic carbocycles. The summed E-state index contributed by atoms with van der Waals surface area (Å²) in [5, 5.41) is 4.73. The molecular formula is C16H14ClN3O. The third kappa shape index (κ3) is 2.58. The monoisotopic (exact) mass is 299 g/mol. The van der Waals surface area contributed by atoms with E-state index < -0.39 is 0 Å². The maximum atomic E-state index is 6.20. The van der Waals surface area contributed by atoms with Gasteiger partial charge in [0.15, 0.2) is 0 Å². The highest BCUT2D eigenvalue weighted by Gasteiger charge is 2.07. The molecule has 3 N–H and O–H groups in total. The summed E-state index contributed by atoms with van der Waals surface area (Å²) in [4.78, 5) is 4.28. The summed E-state index contributed by atoms with van der Waals surface area (Å²) >= 11 is 6.12. The minimum atomic E-state index is 0.545. The van der Waals surface area contributed by atoms with Gasteiger partial charge >= 0.3 is 0 Å². The molecule has 0 bridgehead atoms. The van der Waals surface area contributed by atoms with E-state index in [1.807, 2.05) is 36.4 Å². The molecule has 3 rings (SSSR count). The molecule has 0 fully saturated rings. The van der Waals surface area contributed by atoms with Crippen LogP contribution in [0.15, 0.2) is 48.7 Å². The Morgan fingerprint density at radius 2 is 2.05 bits per heavy atom. The lowest BCUT2D eigenvalue weighted by Crippen LogP contribution is -1.98. The summed E-state index contributed by atoms with van der Waals surface area (Å²) in [5.41, 5.74) is 9.39. The molecule has 0 spiro atoms. The number of fused-ring (bicyclic) bond motifs is 1. The Morgan fingerprint density at radius 3 is 2.81 bits per heavy atom. The van der Waals surface area contributed by atoms with Crippen molar-refractivity contribution in [3.05, 3.63) is 53.7 Å². The van der Waals surface area contributed by atoms with E-state index in [0.717, 1.165) is 22.3 Å². The summed E-state index contributed by atoms with van der Waals surface area (Å²) in [6.45, 7) is 0. The van der Waals surface area contributed by atoms with Crippen LogP contribution in [0.5, 0.6) is 5.75 Å². The van der Waals surface area contributed by atoms with Gasteiger partial charge in [-0.1, -0.05) is 11.6 Å². The van der Waals surface area contributed by atoms with Crippen molar-refractivity contribution in [3.8, 4) is 5.75 Å². The maximum Gasteiger partial charge on any atom is 0.137 e. The van der Waals surface area contributed by atoms with Crippen molar-refractivity contribution in [2.75, 3.05) is 18.2 Å². The zero-order valence-corrected chi connectivity index (χ0v) is 12.2. The van der Waals surface area contributed by atoms with Crippen molar-refractivity contribution in [1.29, 1.82) is 0 Å². The number of ether oxygens (including phenoxy) is 1. The third-order valence-corrected chi connectivity index (χ3v) is 3.55. The number of pyridine rings is 1. The van der Waals surface area contributed by atoms with Gasteiger partial charge in [-0.25, -0.2) is 0 Å². The molecule has 1 aromatic heterocycles. The molecule has 5 heteroatoms. The number of benzene rings is 2. The number of anilines is 3. The molecular weight excluding hydrogens is 286 g/mol. The number of nitrogens with two attached hydrogens (primary N) is 1. The fourth-order valence-electron chi connectivity index (χ4n) is 2.18. The average molecular weight is 300 g/mol. The number of nitrogen functional groups attached to an aromatic ring is 1. The second kappa shape index (κ2) is 5.50. The number of halogens is 1. The van der Waals surface area contributed by atoms with E-state index in [2.05, 4.69) is 10.3 Å². The van der Waals surface area contributed by atoms with E-state index >= 15 is 0 Å². The molecule has 0 saturated carbocycles. The first-order valence-electron chi connectivity index (χ1n) is 6.43. The normalized spacial score (nSPS) is 10.6. The molecule has 4 nitrogen and oxygen atoms in total. The molecule has 0 aliphatic carbocycles. The summed E-state index contributed by atoms with van der Waals surface area (Å²) < 4.78 is 5.14. The molecule has 106 valence electrons. The molecule has 0 amide bonds. The second-order valence-electron chi connectivity index (χ2n) is 4.57. The minimum absolute atomic E-state index is 0.545. The predicted octanol–water partition coefficient (Wildman–Crippen LogP) is 4.22. The summed E-state index contributed by atoms with van der Waals surface area (Å²) in [5.74, 6) is 0.637. The summed E-state index contributed by atoms with van der Waals surface area (Å²) in [7, 11) is 1.59. The molecule has 0 unspecified atom stereocenters. The van der Waals surface area contributed by atoms with Crippen LogP contribution in [-0.2, 0) is 0 Å². The molecule has 3 aromatic rings. The van der Waals surface area contributed by atoms with Gasteiger partial charge in [-0.3, -0.25) is 4.98 Å². The van der Waals surface area contributed by atoms with E-state index in [4.69, 9.17) is 22.1 Å². The van der Waals surface area contributed by atoms with Crippen LogP contribution in [-0.4, -0.2) is 12.1 Å². The van der Waals surface area contributed by atoms with Gasteiger partial charge in [-0.15, -0.1) is 0 Å². The Bertz CT molecular complexity index is 805. The number of rotatable bonds is 3. The van der Waals surface area contributed by atoms with E-state index in [0.29, 0.717) is 16.5 Å². The largest absolute Gasteiger partial charge is 0.495 e.